The van der Waals surface area contributed by atoms with E-state index in [0.717, 1.165) is 63.4 Å². The molecular formula is C52H76N2O8. The van der Waals surface area contributed by atoms with Gasteiger partial charge in [0.15, 0.2) is 0 Å². The molecule has 62 heavy (non-hydrogen) atoms. The Hall–Kier alpha value is -3.95. The van der Waals surface area contributed by atoms with Gasteiger partial charge in [-0.05, 0) is 160 Å². The fourth-order valence-electron chi connectivity index (χ4n) is 14.4. The Kier molecular flexibility index (Phi) is 13.5. The van der Waals surface area contributed by atoms with Crippen molar-refractivity contribution in [3.05, 3.63) is 53.6 Å². The molecule has 6 rings (SSSR count). The molecule has 5 aliphatic rings. The molecule has 0 aromatic heterocycles. The van der Waals surface area contributed by atoms with Gasteiger partial charge >= 0.3 is 17.9 Å². The number of hydrogen-bond acceptors (Lipinski definition) is 8. The summed E-state index contributed by atoms with van der Waals surface area (Å²) in [5.41, 5.74) is 2.93. The smallest absolute Gasteiger partial charge is 0.338 e. The quantitative estimate of drug-likeness (QED) is 0.118. The third-order valence-electron chi connectivity index (χ3n) is 17.4. The van der Waals surface area contributed by atoms with Crippen LogP contribution in [0.5, 0.6) is 0 Å². The Balaban J connectivity index is 1.28. The summed E-state index contributed by atoms with van der Waals surface area (Å²) in [4.78, 5) is 66.5. The first-order valence-electron chi connectivity index (χ1n) is 23.5. The molecule has 10 nitrogen and oxygen atoms in total. The van der Waals surface area contributed by atoms with Crippen LogP contribution in [0.4, 0.5) is 0 Å². The molecule has 0 saturated heterocycles. The van der Waals surface area contributed by atoms with Gasteiger partial charge in [0.2, 0.25) is 11.8 Å². The maximum Gasteiger partial charge on any atom is 0.338 e. The van der Waals surface area contributed by atoms with E-state index >= 15 is 0 Å². The van der Waals surface area contributed by atoms with Crippen LogP contribution >= 0.6 is 0 Å². The van der Waals surface area contributed by atoms with E-state index in [0.29, 0.717) is 30.6 Å². The molecule has 342 valence electrons. The number of amides is 2. The summed E-state index contributed by atoms with van der Waals surface area (Å²) < 4.78 is 15.6. The highest BCUT2D eigenvalue weighted by Crippen LogP contribution is 2.77. The highest BCUT2D eigenvalue weighted by atomic mass is 16.6. The zero-order chi connectivity index (χ0) is 45.6. The number of hydrogen-bond donors (Lipinski definition) is 1. The van der Waals surface area contributed by atoms with E-state index in [1.807, 2.05) is 32.9 Å². The second-order valence-corrected chi connectivity index (χ2v) is 21.9. The molecule has 0 heterocycles. The summed E-state index contributed by atoms with van der Waals surface area (Å²) in [6.07, 6.45) is 11.4. The van der Waals surface area contributed by atoms with Gasteiger partial charge in [0.1, 0.15) is 5.60 Å². The molecule has 0 spiro atoms. The van der Waals surface area contributed by atoms with E-state index in [4.69, 9.17) is 14.2 Å². The van der Waals surface area contributed by atoms with Crippen LogP contribution in [-0.4, -0.2) is 74.1 Å². The van der Waals surface area contributed by atoms with Gasteiger partial charge in [-0.25, -0.2) is 4.79 Å². The number of rotatable bonds is 13. The monoisotopic (exact) mass is 857 g/mol. The fourth-order valence-corrected chi connectivity index (χ4v) is 14.4. The minimum atomic E-state index is -0.590. The second kappa shape index (κ2) is 17.6. The number of fused-ring (bicyclic) bond motifs is 7. The molecule has 0 aliphatic heterocycles. The summed E-state index contributed by atoms with van der Waals surface area (Å²) in [5, 5.41) is 3.21. The van der Waals surface area contributed by atoms with Gasteiger partial charge in [0, 0.05) is 26.6 Å². The predicted molar refractivity (Wildman–Crippen MR) is 241 cm³/mol. The number of methoxy groups -OCH3 is 1. The van der Waals surface area contributed by atoms with Crippen LogP contribution in [0.3, 0.4) is 0 Å². The molecule has 4 fully saturated rings. The van der Waals surface area contributed by atoms with Gasteiger partial charge < -0.3 is 24.4 Å². The SMILES string of the molecule is C=C(CN(C)C(=O)CCC(=O)OC)[C@@H]1CC[C@]2(C(=O)NCCC(=O)OCC)CC[C@]3(C)[C@H](CC[C@@H]4[C@@]5(C)CC=C(c6ccc(C(=O)OC(C)(C)C)cc6)C(C)(C)[C@@H]5CC[C@]43C)[C@@H]12. The zero-order valence-corrected chi connectivity index (χ0v) is 39.8. The van der Waals surface area contributed by atoms with Crippen molar-refractivity contribution in [2.45, 2.75) is 145 Å². The molecule has 0 unspecified atom stereocenters. The van der Waals surface area contributed by atoms with Crippen LogP contribution in [0.2, 0.25) is 0 Å². The number of carbonyl (C=O) groups is 5. The Morgan fingerprint density at radius 2 is 1.53 bits per heavy atom. The average molecular weight is 857 g/mol. The van der Waals surface area contributed by atoms with Crippen molar-refractivity contribution in [3.8, 4) is 0 Å². The predicted octanol–water partition coefficient (Wildman–Crippen LogP) is 9.75. The molecule has 10 heteroatoms. The van der Waals surface area contributed by atoms with Crippen molar-refractivity contribution >= 4 is 35.3 Å². The number of esters is 3. The lowest BCUT2D eigenvalue weighted by molar-refractivity contribution is -0.225. The van der Waals surface area contributed by atoms with Crippen LogP contribution in [0.1, 0.15) is 155 Å². The van der Waals surface area contributed by atoms with Gasteiger partial charge in [-0.15, -0.1) is 0 Å². The lowest BCUT2D eigenvalue weighted by atomic mass is 9.32. The maximum atomic E-state index is 14.7. The Morgan fingerprint density at radius 1 is 0.839 bits per heavy atom. The van der Waals surface area contributed by atoms with Crippen LogP contribution in [0.25, 0.3) is 5.57 Å². The van der Waals surface area contributed by atoms with E-state index in [1.165, 1.54) is 18.2 Å². The van der Waals surface area contributed by atoms with Gasteiger partial charge in [0.25, 0.3) is 0 Å². The van der Waals surface area contributed by atoms with Crippen molar-refractivity contribution in [2.75, 3.05) is 33.9 Å². The Morgan fingerprint density at radius 3 is 2.18 bits per heavy atom. The second-order valence-electron chi connectivity index (χ2n) is 21.9. The molecule has 9 atom stereocenters. The molecule has 2 amide bonds. The molecule has 1 aromatic rings. The fraction of sp³-hybridized carbons (Fsp3) is 0.712. The third-order valence-corrected chi connectivity index (χ3v) is 17.4. The number of carbonyl (C=O) groups excluding carboxylic acids is 5. The molecule has 5 aliphatic carbocycles. The molecular weight excluding hydrogens is 781 g/mol. The molecule has 1 N–H and O–H groups in total. The maximum absolute atomic E-state index is 14.7. The summed E-state index contributed by atoms with van der Waals surface area (Å²) in [6.45, 7) is 25.6. The topological polar surface area (TPSA) is 128 Å². The van der Waals surface area contributed by atoms with E-state index < -0.39 is 17.0 Å². The van der Waals surface area contributed by atoms with Crippen LogP contribution in [0, 0.1) is 56.7 Å². The summed E-state index contributed by atoms with van der Waals surface area (Å²) in [6, 6.07) is 8.00. The lowest BCUT2D eigenvalue weighted by Crippen LogP contribution is -2.66. The standard InChI is InChI=1S/C52H76N2O8/c1-13-61-43(57)25-31-53-46(59)52-28-22-36(33(2)32-54(11)41(55)20-21-42(56)60-12)44(52)38-18-19-40-49(8)26-23-37(34-14-16-35(17-15-34)45(58)62-47(3,4)5)48(6,7)39(49)24-27-51(40,10)50(38,9)29-30-52/h14-17,23,36,38-40,44H,2,13,18-22,24-32H2,1,3-12H3,(H,53,59)/t36-,38+,39-,40+,44+,49-,50+,51+,52-/m0/s1. The molecule has 0 radical (unpaired) electrons. The molecule has 0 bridgehead atoms. The van der Waals surface area contributed by atoms with E-state index in [9.17, 15) is 24.0 Å². The average Bonchev–Trinajstić information content (AvgIpc) is 3.60. The summed E-state index contributed by atoms with van der Waals surface area (Å²) in [7, 11) is 3.10. The first kappa shape index (κ1) is 47.5. The number of ether oxygens (including phenoxy) is 3. The summed E-state index contributed by atoms with van der Waals surface area (Å²) in [5.74, 6) is 0.242. The van der Waals surface area contributed by atoms with Crippen molar-refractivity contribution in [2.24, 2.45) is 56.7 Å². The van der Waals surface area contributed by atoms with Gasteiger partial charge in [-0.1, -0.05) is 65.0 Å². The highest BCUT2D eigenvalue weighted by Gasteiger charge is 2.71. The van der Waals surface area contributed by atoms with E-state index in [2.05, 4.69) is 64.7 Å². The van der Waals surface area contributed by atoms with E-state index in [-0.39, 0.29) is 89.0 Å². The third kappa shape index (κ3) is 8.42. The zero-order valence-electron chi connectivity index (χ0n) is 39.8. The van der Waals surface area contributed by atoms with Crippen LogP contribution in [-0.2, 0) is 33.4 Å². The van der Waals surface area contributed by atoms with E-state index in [1.54, 1.807) is 18.9 Å². The van der Waals surface area contributed by atoms with Gasteiger partial charge in [0.05, 0.1) is 37.5 Å². The highest BCUT2D eigenvalue weighted by molar-refractivity contribution is 5.90. The Bertz CT molecular complexity index is 1940. The number of benzene rings is 1. The number of allylic oxidation sites excluding steroid dienone is 2. The number of likely N-dealkylation sites (N-methyl/N-ethyl adjacent to an activating group) is 1. The van der Waals surface area contributed by atoms with Crippen molar-refractivity contribution in [3.63, 3.8) is 0 Å². The van der Waals surface area contributed by atoms with Crippen LogP contribution in [0.15, 0.2) is 42.5 Å². The first-order chi connectivity index (χ1) is 29.0. The number of nitrogens with one attached hydrogen (secondary N) is 1. The molecule has 4 saturated carbocycles. The lowest BCUT2D eigenvalue weighted by Gasteiger charge is -2.72. The van der Waals surface area contributed by atoms with Crippen molar-refractivity contribution in [1.29, 1.82) is 0 Å². The first-order valence-corrected chi connectivity index (χ1v) is 23.5. The number of nitrogens with zero attached hydrogens (tertiary/aromatic N) is 1. The summed E-state index contributed by atoms with van der Waals surface area (Å²) >= 11 is 0. The van der Waals surface area contributed by atoms with Crippen LogP contribution < -0.4 is 5.32 Å². The van der Waals surface area contributed by atoms with Gasteiger partial charge in [-0.2, -0.15) is 0 Å². The largest absolute Gasteiger partial charge is 0.469 e. The van der Waals surface area contributed by atoms with Gasteiger partial charge in [-0.3, -0.25) is 19.2 Å². The van der Waals surface area contributed by atoms with Crippen molar-refractivity contribution in [1.82, 2.24) is 10.2 Å². The minimum absolute atomic E-state index is 0.0278. The Labute approximate surface area is 371 Å². The normalized spacial score (nSPS) is 33.3. The van der Waals surface area contributed by atoms with Crippen molar-refractivity contribution < 1.29 is 38.2 Å². The molecule has 1 aromatic carbocycles. The minimum Gasteiger partial charge on any atom is -0.469 e.